The van der Waals surface area contributed by atoms with Crippen molar-refractivity contribution in [3.63, 3.8) is 0 Å². The monoisotopic (exact) mass is 411 g/mol. The Kier molecular flexibility index (Phi) is 5.42. The van der Waals surface area contributed by atoms with Crippen LogP contribution in [-0.2, 0) is 17.6 Å². The van der Waals surface area contributed by atoms with E-state index in [1.54, 1.807) is 12.0 Å². The van der Waals surface area contributed by atoms with Gasteiger partial charge in [0.1, 0.15) is 21.9 Å². The number of hydrogen-bond acceptors (Lipinski definition) is 5. The molecule has 4 nitrogen and oxygen atoms in total. The Labute approximate surface area is 174 Å². The molecule has 2 aliphatic rings. The van der Waals surface area contributed by atoms with E-state index in [0.717, 1.165) is 35.5 Å². The summed E-state index contributed by atoms with van der Waals surface area (Å²) in [6.07, 6.45) is 3.79. The quantitative estimate of drug-likeness (QED) is 0.536. The fraction of sp³-hybridized carbons (Fsp3) is 0.273. The van der Waals surface area contributed by atoms with Crippen molar-refractivity contribution in [2.24, 2.45) is 0 Å². The molecule has 1 fully saturated rings. The van der Waals surface area contributed by atoms with E-state index in [-0.39, 0.29) is 12.0 Å². The minimum Gasteiger partial charge on any atom is -0.497 e. The molecule has 6 heteroatoms. The average Bonchev–Trinajstić information content (AvgIpc) is 3.19. The highest BCUT2D eigenvalue weighted by Crippen LogP contribution is 2.35. The van der Waals surface area contributed by atoms with Crippen molar-refractivity contribution in [1.29, 1.82) is 0 Å². The van der Waals surface area contributed by atoms with Gasteiger partial charge in [0.25, 0.3) is 5.91 Å². The van der Waals surface area contributed by atoms with Crippen LogP contribution in [0.1, 0.15) is 23.6 Å². The van der Waals surface area contributed by atoms with Crippen molar-refractivity contribution in [3.05, 3.63) is 64.1 Å². The lowest BCUT2D eigenvalue weighted by atomic mass is 10.1. The van der Waals surface area contributed by atoms with E-state index in [0.29, 0.717) is 15.8 Å². The van der Waals surface area contributed by atoms with Crippen molar-refractivity contribution >= 4 is 40.3 Å². The smallest absolute Gasteiger partial charge is 0.266 e. The van der Waals surface area contributed by atoms with Gasteiger partial charge in [-0.15, -0.1) is 0 Å². The topological polar surface area (TPSA) is 38.8 Å². The van der Waals surface area contributed by atoms with Crippen molar-refractivity contribution in [3.8, 4) is 11.5 Å². The van der Waals surface area contributed by atoms with E-state index in [4.69, 9.17) is 21.7 Å². The summed E-state index contributed by atoms with van der Waals surface area (Å²) in [5.41, 5.74) is 3.34. The molecule has 2 aromatic carbocycles. The van der Waals surface area contributed by atoms with Crippen LogP contribution in [0.15, 0.2) is 47.4 Å². The van der Waals surface area contributed by atoms with Crippen LogP contribution in [-0.4, -0.2) is 34.9 Å². The number of methoxy groups -OCH3 is 1. The predicted molar refractivity (Wildman–Crippen MR) is 117 cm³/mol. The molecule has 0 N–H and O–H groups in total. The lowest BCUT2D eigenvalue weighted by molar-refractivity contribution is -0.122. The predicted octanol–water partition coefficient (Wildman–Crippen LogP) is 4.46. The molecule has 0 spiro atoms. The van der Waals surface area contributed by atoms with Crippen LogP contribution in [0, 0.1) is 0 Å². The van der Waals surface area contributed by atoms with Gasteiger partial charge in [-0.3, -0.25) is 9.69 Å². The maximum absolute atomic E-state index is 12.8. The fourth-order valence-electron chi connectivity index (χ4n) is 3.41. The fourth-order valence-corrected chi connectivity index (χ4v) is 4.72. The SMILES string of the molecule is COc1ccc(CCN2C(=O)/C(=C/c3ccc4c(c3)C[C@H](C)O4)SC2=S)cc1. The van der Waals surface area contributed by atoms with E-state index in [9.17, 15) is 4.79 Å². The van der Waals surface area contributed by atoms with Gasteiger partial charge in [0, 0.05) is 13.0 Å². The molecule has 2 heterocycles. The highest BCUT2D eigenvalue weighted by molar-refractivity contribution is 8.26. The van der Waals surface area contributed by atoms with Gasteiger partial charge < -0.3 is 9.47 Å². The normalized spacial score (nSPS) is 19.9. The van der Waals surface area contributed by atoms with E-state index in [1.807, 2.05) is 42.5 Å². The van der Waals surface area contributed by atoms with E-state index >= 15 is 0 Å². The number of carbonyl (C=O) groups excluding carboxylic acids is 1. The Bertz CT molecular complexity index is 953. The van der Waals surface area contributed by atoms with Crippen molar-refractivity contribution in [2.45, 2.75) is 25.9 Å². The zero-order chi connectivity index (χ0) is 19.7. The first-order valence-electron chi connectivity index (χ1n) is 9.21. The van der Waals surface area contributed by atoms with Gasteiger partial charge in [-0.1, -0.05) is 42.2 Å². The maximum atomic E-state index is 12.8. The van der Waals surface area contributed by atoms with Crippen LogP contribution < -0.4 is 9.47 Å². The number of thiocarbonyl (C=S) groups is 1. The molecule has 0 radical (unpaired) electrons. The average molecular weight is 412 g/mol. The Hall–Kier alpha value is -2.31. The molecule has 0 bridgehead atoms. The number of thioether (sulfide) groups is 1. The third kappa shape index (κ3) is 3.93. The van der Waals surface area contributed by atoms with Crippen LogP contribution in [0.5, 0.6) is 11.5 Å². The molecule has 2 aromatic rings. The zero-order valence-corrected chi connectivity index (χ0v) is 17.4. The van der Waals surface area contributed by atoms with Crippen LogP contribution in [0.2, 0.25) is 0 Å². The lowest BCUT2D eigenvalue weighted by Gasteiger charge is -2.14. The maximum Gasteiger partial charge on any atom is 0.266 e. The number of rotatable bonds is 5. The number of carbonyl (C=O) groups is 1. The van der Waals surface area contributed by atoms with Gasteiger partial charge in [-0.25, -0.2) is 0 Å². The van der Waals surface area contributed by atoms with Crippen LogP contribution in [0.25, 0.3) is 6.08 Å². The second-order valence-corrected chi connectivity index (χ2v) is 8.61. The molecule has 1 saturated heterocycles. The first-order valence-corrected chi connectivity index (χ1v) is 10.4. The summed E-state index contributed by atoms with van der Waals surface area (Å²) in [5, 5.41) is 0. The summed E-state index contributed by atoms with van der Waals surface area (Å²) in [7, 11) is 1.65. The molecule has 0 aliphatic carbocycles. The van der Waals surface area contributed by atoms with Crippen LogP contribution >= 0.6 is 24.0 Å². The van der Waals surface area contributed by atoms with Crippen LogP contribution in [0.4, 0.5) is 0 Å². The first-order chi connectivity index (χ1) is 13.5. The van der Waals surface area contributed by atoms with Gasteiger partial charge in [0.2, 0.25) is 0 Å². The molecule has 144 valence electrons. The molecular weight excluding hydrogens is 390 g/mol. The summed E-state index contributed by atoms with van der Waals surface area (Å²) >= 11 is 6.82. The molecule has 4 rings (SSSR count). The van der Waals surface area contributed by atoms with Gasteiger partial charge in [0.15, 0.2) is 0 Å². The minimum atomic E-state index is -0.0198. The number of amides is 1. The van der Waals surface area contributed by atoms with Gasteiger partial charge in [-0.05, 0) is 60.4 Å². The third-order valence-electron chi connectivity index (χ3n) is 4.87. The minimum absolute atomic E-state index is 0.0198. The van der Waals surface area contributed by atoms with E-state index in [2.05, 4.69) is 13.0 Å². The second kappa shape index (κ2) is 7.97. The molecule has 28 heavy (non-hydrogen) atoms. The van der Waals surface area contributed by atoms with Gasteiger partial charge in [-0.2, -0.15) is 0 Å². The standard InChI is InChI=1S/C22H21NO3S2/c1-14-11-17-12-16(5-8-19(17)26-14)13-20-21(24)23(22(27)28-20)10-9-15-3-6-18(25-2)7-4-15/h3-8,12-14H,9-11H2,1-2H3/b20-13-/t14-/m0/s1. The van der Waals surface area contributed by atoms with Crippen molar-refractivity contribution < 1.29 is 14.3 Å². The second-order valence-electron chi connectivity index (χ2n) is 6.93. The molecule has 1 atom stereocenters. The first kappa shape index (κ1) is 19.0. The number of benzene rings is 2. The number of nitrogens with zero attached hydrogens (tertiary/aromatic N) is 1. The molecular formula is C22H21NO3S2. The molecule has 0 unspecified atom stereocenters. The summed E-state index contributed by atoms with van der Waals surface area (Å²) < 4.78 is 11.5. The third-order valence-corrected chi connectivity index (χ3v) is 6.25. The molecule has 0 aromatic heterocycles. The Morgan fingerprint density at radius 3 is 2.82 bits per heavy atom. The number of hydrogen-bond donors (Lipinski definition) is 0. The lowest BCUT2D eigenvalue weighted by Crippen LogP contribution is -2.30. The van der Waals surface area contributed by atoms with Crippen molar-refractivity contribution in [1.82, 2.24) is 4.90 Å². The van der Waals surface area contributed by atoms with E-state index in [1.165, 1.54) is 17.3 Å². The number of ether oxygens (including phenoxy) is 2. The Balaban J connectivity index is 1.44. The zero-order valence-electron chi connectivity index (χ0n) is 15.8. The highest BCUT2D eigenvalue weighted by atomic mass is 32.2. The van der Waals surface area contributed by atoms with E-state index < -0.39 is 0 Å². The number of fused-ring (bicyclic) bond motifs is 1. The van der Waals surface area contributed by atoms with Crippen molar-refractivity contribution in [2.75, 3.05) is 13.7 Å². The Morgan fingerprint density at radius 1 is 1.29 bits per heavy atom. The summed E-state index contributed by atoms with van der Waals surface area (Å²) in [6, 6.07) is 14.0. The molecule has 0 saturated carbocycles. The summed E-state index contributed by atoms with van der Waals surface area (Å²) in [5.74, 6) is 1.75. The largest absolute Gasteiger partial charge is 0.497 e. The Morgan fingerprint density at radius 2 is 2.07 bits per heavy atom. The van der Waals surface area contributed by atoms with Crippen LogP contribution in [0.3, 0.4) is 0 Å². The summed E-state index contributed by atoms with van der Waals surface area (Å²) in [6.45, 7) is 2.64. The molecule has 2 aliphatic heterocycles. The molecule has 1 amide bonds. The van der Waals surface area contributed by atoms with Gasteiger partial charge in [0.05, 0.1) is 12.0 Å². The highest BCUT2D eigenvalue weighted by Gasteiger charge is 2.31. The van der Waals surface area contributed by atoms with Gasteiger partial charge >= 0.3 is 0 Å². The summed E-state index contributed by atoms with van der Waals surface area (Å²) in [4.78, 5) is 15.2.